The maximum absolute atomic E-state index is 12.6. The SMILES string of the molecule is CCCCC(=O)N1CCC[C@@H]1c1ccc(C(=O)O)c(CCCc2ccccc2)n1. The zero-order valence-corrected chi connectivity index (χ0v) is 17.1. The van der Waals surface area contributed by atoms with Crippen LogP contribution in [0.4, 0.5) is 0 Å². The van der Waals surface area contributed by atoms with E-state index in [1.54, 1.807) is 12.1 Å². The van der Waals surface area contributed by atoms with Crippen LogP contribution in [0.1, 0.15) is 78.8 Å². The van der Waals surface area contributed by atoms with Gasteiger partial charge in [-0.15, -0.1) is 0 Å². The van der Waals surface area contributed by atoms with Crippen LogP contribution in [0.2, 0.25) is 0 Å². The second-order valence-corrected chi connectivity index (χ2v) is 7.72. The minimum Gasteiger partial charge on any atom is -0.478 e. The number of amides is 1. The molecule has 0 unspecified atom stereocenters. The van der Waals surface area contributed by atoms with E-state index >= 15 is 0 Å². The lowest BCUT2D eigenvalue weighted by molar-refractivity contribution is -0.132. The van der Waals surface area contributed by atoms with Gasteiger partial charge in [-0.1, -0.05) is 43.7 Å². The van der Waals surface area contributed by atoms with Crippen LogP contribution in [0.5, 0.6) is 0 Å². The molecule has 1 aliphatic heterocycles. The number of carboxylic acids is 1. The van der Waals surface area contributed by atoms with Crippen LogP contribution in [0.15, 0.2) is 42.5 Å². The van der Waals surface area contributed by atoms with Gasteiger partial charge in [0.2, 0.25) is 5.91 Å². The van der Waals surface area contributed by atoms with E-state index in [2.05, 4.69) is 19.1 Å². The molecular formula is C24H30N2O3. The Hall–Kier alpha value is -2.69. The Morgan fingerprint density at radius 3 is 2.62 bits per heavy atom. The van der Waals surface area contributed by atoms with Crippen LogP contribution in [0, 0.1) is 0 Å². The number of aromatic carboxylic acids is 1. The molecule has 1 N–H and O–H groups in total. The highest BCUT2D eigenvalue weighted by Gasteiger charge is 2.31. The lowest BCUT2D eigenvalue weighted by Gasteiger charge is -2.25. The van der Waals surface area contributed by atoms with Crippen molar-refractivity contribution in [3.63, 3.8) is 0 Å². The molecular weight excluding hydrogens is 364 g/mol. The fourth-order valence-electron chi connectivity index (χ4n) is 4.04. The highest BCUT2D eigenvalue weighted by Crippen LogP contribution is 2.32. The minimum atomic E-state index is -0.943. The molecule has 0 spiro atoms. The monoisotopic (exact) mass is 394 g/mol. The number of benzene rings is 1. The van der Waals surface area contributed by atoms with Gasteiger partial charge in [0.15, 0.2) is 0 Å². The average Bonchev–Trinajstić information content (AvgIpc) is 3.22. The molecule has 1 saturated heterocycles. The van der Waals surface area contributed by atoms with Gasteiger partial charge in [-0.3, -0.25) is 9.78 Å². The zero-order valence-electron chi connectivity index (χ0n) is 17.1. The third-order valence-corrected chi connectivity index (χ3v) is 5.61. The van der Waals surface area contributed by atoms with Crippen LogP contribution in [-0.4, -0.2) is 33.4 Å². The van der Waals surface area contributed by atoms with Crippen molar-refractivity contribution < 1.29 is 14.7 Å². The summed E-state index contributed by atoms with van der Waals surface area (Å²) < 4.78 is 0. The van der Waals surface area contributed by atoms with Gasteiger partial charge in [-0.05, 0) is 56.2 Å². The number of aromatic nitrogens is 1. The van der Waals surface area contributed by atoms with Gasteiger partial charge in [-0.2, -0.15) is 0 Å². The summed E-state index contributed by atoms with van der Waals surface area (Å²) in [7, 11) is 0. The number of rotatable bonds is 9. The highest BCUT2D eigenvalue weighted by atomic mass is 16.4. The van der Waals surface area contributed by atoms with Crippen LogP contribution in [0.25, 0.3) is 0 Å². The number of unbranched alkanes of at least 4 members (excludes halogenated alkanes) is 1. The Bertz CT molecular complexity index is 835. The Labute approximate surface area is 172 Å². The molecule has 0 aliphatic carbocycles. The fourth-order valence-corrected chi connectivity index (χ4v) is 4.04. The topological polar surface area (TPSA) is 70.5 Å². The predicted molar refractivity (Wildman–Crippen MR) is 113 cm³/mol. The molecule has 1 atom stereocenters. The first-order valence-corrected chi connectivity index (χ1v) is 10.7. The molecule has 1 aromatic carbocycles. The molecule has 154 valence electrons. The van der Waals surface area contributed by atoms with Gasteiger partial charge < -0.3 is 10.0 Å². The first kappa shape index (κ1) is 21.0. The van der Waals surface area contributed by atoms with E-state index in [1.807, 2.05) is 23.1 Å². The Kier molecular flexibility index (Phi) is 7.39. The number of nitrogens with zero attached hydrogens (tertiary/aromatic N) is 2. The molecule has 0 radical (unpaired) electrons. The Morgan fingerprint density at radius 2 is 1.90 bits per heavy atom. The standard InChI is InChI=1S/C24H30N2O3/c1-2-3-14-23(27)26-17-8-13-22(26)21-16-15-19(24(28)29)20(25-21)12-7-11-18-9-5-4-6-10-18/h4-6,9-10,15-16,22H,2-3,7-8,11-14,17H2,1H3,(H,28,29)/t22-/m1/s1. The molecule has 1 amide bonds. The van der Waals surface area contributed by atoms with Crippen LogP contribution in [0.3, 0.4) is 0 Å². The van der Waals surface area contributed by atoms with Crippen molar-refractivity contribution in [3.8, 4) is 0 Å². The quantitative estimate of drug-likeness (QED) is 0.663. The molecule has 0 bridgehead atoms. The molecule has 5 heteroatoms. The summed E-state index contributed by atoms with van der Waals surface area (Å²) in [6.07, 6.45) is 6.67. The van der Waals surface area contributed by atoms with E-state index in [0.717, 1.165) is 50.8 Å². The van der Waals surface area contributed by atoms with Gasteiger partial charge in [0.25, 0.3) is 0 Å². The van der Waals surface area contributed by atoms with Crippen molar-refractivity contribution in [2.45, 2.75) is 64.3 Å². The minimum absolute atomic E-state index is 0.0323. The number of carbonyl (C=O) groups is 2. The largest absolute Gasteiger partial charge is 0.478 e. The van der Waals surface area contributed by atoms with Crippen molar-refractivity contribution in [2.75, 3.05) is 6.54 Å². The number of carboxylic acid groups (broad SMARTS) is 1. The summed E-state index contributed by atoms with van der Waals surface area (Å²) in [6, 6.07) is 13.6. The van der Waals surface area contributed by atoms with E-state index < -0.39 is 5.97 Å². The molecule has 5 nitrogen and oxygen atoms in total. The second-order valence-electron chi connectivity index (χ2n) is 7.72. The van der Waals surface area contributed by atoms with E-state index in [1.165, 1.54) is 5.56 Å². The number of aryl methyl sites for hydroxylation is 2. The van der Waals surface area contributed by atoms with Crippen LogP contribution >= 0.6 is 0 Å². The molecule has 1 aliphatic rings. The molecule has 3 rings (SSSR count). The third kappa shape index (κ3) is 5.43. The zero-order chi connectivity index (χ0) is 20.6. The lowest BCUT2D eigenvalue weighted by atomic mass is 10.0. The molecule has 2 aromatic rings. The summed E-state index contributed by atoms with van der Waals surface area (Å²) >= 11 is 0. The third-order valence-electron chi connectivity index (χ3n) is 5.61. The number of pyridine rings is 1. The first-order chi connectivity index (χ1) is 14.1. The van der Waals surface area contributed by atoms with Crippen LogP contribution in [-0.2, 0) is 17.6 Å². The predicted octanol–water partition coefficient (Wildman–Crippen LogP) is 4.81. The molecule has 2 heterocycles. The van der Waals surface area contributed by atoms with E-state index in [-0.39, 0.29) is 17.5 Å². The number of likely N-dealkylation sites (tertiary alicyclic amines) is 1. The van der Waals surface area contributed by atoms with Gasteiger partial charge in [0.1, 0.15) is 0 Å². The van der Waals surface area contributed by atoms with Crippen molar-refractivity contribution in [1.82, 2.24) is 9.88 Å². The van der Waals surface area contributed by atoms with E-state index in [0.29, 0.717) is 18.5 Å². The summed E-state index contributed by atoms with van der Waals surface area (Å²) in [5.74, 6) is -0.759. The fraction of sp³-hybridized carbons (Fsp3) is 0.458. The lowest BCUT2D eigenvalue weighted by Crippen LogP contribution is -2.31. The maximum atomic E-state index is 12.6. The van der Waals surface area contributed by atoms with Gasteiger partial charge in [0.05, 0.1) is 23.0 Å². The Balaban J connectivity index is 1.75. The molecule has 29 heavy (non-hydrogen) atoms. The van der Waals surface area contributed by atoms with Crippen LogP contribution < -0.4 is 0 Å². The normalized spacial score (nSPS) is 16.2. The average molecular weight is 395 g/mol. The molecule has 1 fully saturated rings. The van der Waals surface area contributed by atoms with Crippen molar-refractivity contribution >= 4 is 11.9 Å². The Morgan fingerprint density at radius 1 is 1.10 bits per heavy atom. The molecule has 1 aromatic heterocycles. The smallest absolute Gasteiger partial charge is 0.337 e. The summed E-state index contributed by atoms with van der Waals surface area (Å²) in [6.45, 7) is 2.85. The number of hydrogen-bond donors (Lipinski definition) is 1. The van der Waals surface area contributed by atoms with Crippen molar-refractivity contribution in [1.29, 1.82) is 0 Å². The number of carbonyl (C=O) groups excluding carboxylic acids is 1. The van der Waals surface area contributed by atoms with Crippen molar-refractivity contribution in [3.05, 3.63) is 65.0 Å². The summed E-state index contributed by atoms with van der Waals surface area (Å²) in [5.41, 5.74) is 2.96. The summed E-state index contributed by atoms with van der Waals surface area (Å²) in [4.78, 5) is 30.9. The molecule has 0 saturated carbocycles. The van der Waals surface area contributed by atoms with Crippen molar-refractivity contribution in [2.24, 2.45) is 0 Å². The van der Waals surface area contributed by atoms with E-state index in [9.17, 15) is 14.7 Å². The highest BCUT2D eigenvalue weighted by molar-refractivity contribution is 5.88. The maximum Gasteiger partial charge on any atom is 0.337 e. The van der Waals surface area contributed by atoms with E-state index in [4.69, 9.17) is 4.98 Å². The van der Waals surface area contributed by atoms with Gasteiger partial charge in [-0.25, -0.2) is 4.79 Å². The second kappa shape index (κ2) is 10.2. The van der Waals surface area contributed by atoms with Gasteiger partial charge in [0, 0.05) is 13.0 Å². The summed E-state index contributed by atoms with van der Waals surface area (Å²) in [5, 5.41) is 9.57. The number of hydrogen-bond acceptors (Lipinski definition) is 3. The first-order valence-electron chi connectivity index (χ1n) is 10.7. The van der Waals surface area contributed by atoms with Gasteiger partial charge >= 0.3 is 5.97 Å².